The average molecular weight is 339 g/mol. The van der Waals surface area contributed by atoms with Gasteiger partial charge < -0.3 is 4.74 Å². The van der Waals surface area contributed by atoms with E-state index in [9.17, 15) is 0 Å². The van der Waals surface area contributed by atoms with Crippen molar-refractivity contribution >= 4 is 33.2 Å². The second-order valence-corrected chi connectivity index (χ2v) is 5.27. The Morgan fingerprint density at radius 1 is 1.21 bits per heavy atom. The zero-order valence-corrected chi connectivity index (χ0v) is 12.1. The Kier molecular flexibility index (Phi) is 3.40. The van der Waals surface area contributed by atoms with Gasteiger partial charge in [-0.15, -0.1) is 5.10 Å². The third kappa shape index (κ3) is 2.88. The van der Waals surface area contributed by atoms with Gasteiger partial charge in [0.25, 0.3) is 0 Å². The Bertz CT molecular complexity index is 711. The molecule has 0 atom stereocenters. The fraction of sp³-hybridized carbons (Fsp3) is 0.0769. The standard InChI is InChI=1S/C13H9BrClN3O/c14-9-5-6-18-13(7-9)16-12(17-18)8-19-11-3-1-10(15)2-4-11/h1-7H,8H2. The summed E-state index contributed by atoms with van der Waals surface area (Å²) in [6.45, 7) is 0.320. The first-order chi connectivity index (χ1) is 9.20. The molecule has 0 fully saturated rings. The van der Waals surface area contributed by atoms with E-state index >= 15 is 0 Å². The van der Waals surface area contributed by atoms with E-state index in [0.717, 1.165) is 15.9 Å². The van der Waals surface area contributed by atoms with E-state index in [1.807, 2.05) is 30.5 Å². The van der Waals surface area contributed by atoms with Gasteiger partial charge in [0, 0.05) is 15.7 Å². The number of fused-ring (bicyclic) bond motifs is 1. The van der Waals surface area contributed by atoms with E-state index in [1.165, 1.54) is 0 Å². The van der Waals surface area contributed by atoms with Gasteiger partial charge in [-0.05, 0) is 36.4 Å². The van der Waals surface area contributed by atoms with Crippen molar-refractivity contribution in [3.05, 3.63) is 57.9 Å². The van der Waals surface area contributed by atoms with E-state index < -0.39 is 0 Å². The molecule has 0 aliphatic rings. The van der Waals surface area contributed by atoms with Gasteiger partial charge in [0.2, 0.25) is 0 Å². The average Bonchev–Trinajstić information content (AvgIpc) is 2.80. The van der Waals surface area contributed by atoms with Crippen molar-refractivity contribution in [3.8, 4) is 5.75 Å². The molecule has 6 heteroatoms. The van der Waals surface area contributed by atoms with E-state index in [1.54, 1.807) is 16.6 Å². The van der Waals surface area contributed by atoms with Gasteiger partial charge >= 0.3 is 0 Å². The first kappa shape index (κ1) is 12.4. The van der Waals surface area contributed by atoms with Crippen LogP contribution in [0.25, 0.3) is 5.65 Å². The maximum atomic E-state index is 5.81. The molecule has 3 rings (SSSR count). The number of rotatable bonds is 3. The second kappa shape index (κ2) is 5.19. The first-order valence-electron chi connectivity index (χ1n) is 5.60. The van der Waals surface area contributed by atoms with Crippen molar-refractivity contribution in [1.82, 2.24) is 14.6 Å². The van der Waals surface area contributed by atoms with Crippen LogP contribution in [0.1, 0.15) is 5.82 Å². The molecule has 0 amide bonds. The molecule has 96 valence electrons. The van der Waals surface area contributed by atoms with Crippen LogP contribution in [0.3, 0.4) is 0 Å². The van der Waals surface area contributed by atoms with Crippen LogP contribution in [0.4, 0.5) is 0 Å². The van der Waals surface area contributed by atoms with Crippen LogP contribution in [-0.2, 0) is 6.61 Å². The molecule has 0 saturated carbocycles. The lowest BCUT2D eigenvalue weighted by Crippen LogP contribution is -1.97. The third-order valence-electron chi connectivity index (χ3n) is 2.53. The lowest BCUT2D eigenvalue weighted by Gasteiger charge is -2.02. The Hall–Kier alpha value is -1.59. The van der Waals surface area contributed by atoms with E-state index in [4.69, 9.17) is 16.3 Å². The van der Waals surface area contributed by atoms with Crippen LogP contribution < -0.4 is 4.74 Å². The smallest absolute Gasteiger partial charge is 0.189 e. The largest absolute Gasteiger partial charge is 0.486 e. The first-order valence-corrected chi connectivity index (χ1v) is 6.77. The summed E-state index contributed by atoms with van der Waals surface area (Å²) in [5.41, 5.74) is 0.782. The number of nitrogens with zero attached hydrogens (tertiary/aromatic N) is 3. The van der Waals surface area contributed by atoms with Gasteiger partial charge in [-0.2, -0.15) is 0 Å². The molecule has 4 nitrogen and oxygen atoms in total. The summed E-state index contributed by atoms with van der Waals surface area (Å²) in [5.74, 6) is 1.37. The van der Waals surface area contributed by atoms with E-state index in [2.05, 4.69) is 26.0 Å². The van der Waals surface area contributed by atoms with Crippen LogP contribution in [0.15, 0.2) is 47.1 Å². The zero-order chi connectivity index (χ0) is 13.2. The summed E-state index contributed by atoms with van der Waals surface area (Å²) in [5, 5.41) is 5.00. The minimum absolute atomic E-state index is 0.320. The predicted molar refractivity (Wildman–Crippen MR) is 76.5 cm³/mol. The molecule has 19 heavy (non-hydrogen) atoms. The van der Waals surface area contributed by atoms with Crippen LogP contribution in [0.5, 0.6) is 5.75 Å². The molecular weight excluding hydrogens is 330 g/mol. The Labute approximate surface area is 123 Å². The van der Waals surface area contributed by atoms with Crippen LogP contribution in [-0.4, -0.2) is 14.6 Å². The highest BCUT2D eigenvalue weighted by molar-refractivity contribution is 9.10. The quantitative estimate of drug-likeness (QED) is 0.730. The van der Waals surface area contributed by atoms with Crippen molar-refractivity contribution in [1.29, 1.82) is 0 Å². The highest BCUT2D eigenvalue weighted by Crippen LogP contribution is 2.17. The SMILES string of the molecule is Clc1ccc(OCc2nc3cc(Br)ccn3n2)cc1. The van der Waals surface area contributed by atoms with Gasteiger partial charge in [0.05, 0.1) is 0 Å². The molecule has 0 N–H and O–H groups in total. The highest BCUT2D eigenvalue weighted by atomic mass is 79.9. The topological polar surface area (TPSA) is 39.4 Å². The molecule has 1 aromatic carbocycles. The summed E-state index contributed by atoms with van der Waals surface area (Å²) in [4.78, 5) is 4.38. The molecular formula is C13H9BrClN3O. The zero-order valence-electron chi connectivity index (χ0n) is 9.75. The molecule has 2 aromatic heterocycles. The van der Waals surface area contributed by atoms with Gasteiger partial charge in [-0.3, -0.25) is 0 Å². The molecule has 2 heterocycles. The summed E-state index contributed by atoms with van der Waals surface area (Å²) in [7, 11) is 0. The number of pyridine rings is 1. The summed E-state index contributed by atoms with van der Waals surface area (Å²) < 4.78 is 8.28. The normalized spacial score (nSPS) is 10.8. The van der Waals surface area contributed by atoms with Gasteiger partial charge in [0.1, 0.15) is 12.4 Å². The molecule has 0 unspecified atom stereocenters. The molecule has 3 aromatic rings. The van der Waals surface area contributed by atoms with Crippen LogP contribution in [0.2, 0.25) is 5.02 Å². The van der Waals surface area contributed by atoms with Crippen molar-refractivity contribution in [2.45, 2.75) is 6.61 Å². The fourth-order valence-electron chi connectivity index (χ4n) is 1.64. The Balaban J connectivity index is 1.76. The molecule has 0 radical (unpaired) electrons. The molecule has 0 saturated heterocycles. The molecule has 0 bridgehead atoms. The van der Waals surface area contributed by atoms with E-state index in [-0.39, 0.29) is 0 Å². The van der Waals surface area contributed by atoms with Gasteiger partial charge in [0.15, 0.2) is 11.5 Å². The summed E-state index contributed by atoms with van der Waals surface area (Å²) in [6.07, 6.45) is 1.85. The van der Waals surface area contributed by atoms with Crippen molar-refractivity contribution in [2.75, 3.05) is 0 Å². The lowest BCUT2D eigenvalue weighted by molar-refractivity contribution is 0.296. The number of aromatic nitrogens is 3. The van der Waals surface area contributed by atoms with Crippen molar-refractivity contribution in [3.63, 3.8) is 0 Å². The second-order valence-electron chi connectivity index (χ2n) is 3.92. The van der Waals surface area contributed by atoms with Crippen molar-refractivity contribution in [2.24, 2.45) is 0 Å². The third-order valence-corrected chi connectivity index (χ3v) is 3.27. The maximum Gasteiger partial charge on any atom is 0.189 e. The molecule has 0 aliphatic carbocycles. The summed E-state index contributed by atoms with van der Waals surface area (Å²) >= 11 is 9.21. The minimum Gasteiger partial charge on any atom is -0.486 e. The Morgan fingerprint density at radius 3 is 2.79 bits per heavy atom. The number of halogens is 2. The fourth-order valence-corrected chi connectivity index (χ4v) is 2.09. The number of ether oxygens (including phenoxy) is 1. The van der Waals surface area contributed by atoms with Gasteiger partial charge in [-0.25, -0.2) is 9.50 Å². The predicted octanol–water partition coefficient (Wildman–Crippen LogP) is 3.72. The minimum atomic E-state index is 0.320. The van der Waals surface area contributed by atoms with E-state index in [0.29, 0.717) is 17.5 Å². The Morgan fingerprint density at radius 2 is 2.00 bits per heavy atom. The summed E-state index contributed by atoms with van der Waals surface area (Å²) in [6, 6.07) is 11.0. The molecule has 0 aliphatic heterocycles. The highest BCUT2D eigenvalue weighted by Gasteiger charge is 2.04. The lowest BCUT2D eigenvalue weighted by atomic mass is 10.3. The monoisotopic (exact) mass is 337 g/mol. The number of hydrogen-bond donors (Lipinski definition) is 0. The molecule has 0 spiro atoms. The van der Waals surface area contributed by atoms with Crippen molar-refractivity contribution < 1.29 is 4.74 Å². The van der Waals surface area contributed by atoms with Crippen LogP contribution in [0, 0.1) is 0 Å². The maximum absolute atomic E-state index is 5.81. The van der Waals surface area contributed by atoms with Crippen LogP contribution >= 0.6 is 27.5 Å². The van der Waals surface area contributed by atoms with Gasteiger partial charge in [-0.1, -0.05) is 27.5 Å². The number of benzene rings is 1. The number of hydrogen-bond acceptors (Lipinski definition) is 3.